The fourth-order valence-electron chi connectivity index (χ4n) is 4.60. The van der Waals surface area contributed by atoms with Crippen molar-refractivity contribution in [2.24, 2.45) is 10.9 Å². The second kappa shape index (κ2) is 12.3. The van der Waals surface area contributed by atoms with Crippen LogP contribution in [0.25, 0.3) is 0 Å². The van der Waals surface area contributed by atoms with Gasteiger partial charge in [-0.3, -0.25) is 9.89 Å². The lowest BCUT2D eigenvalue weighted by Crippen LogP contribution is -2.43. The van der Waals surface area contributed by atoms with Gasteiger partial charge in [0.05, 0.1) is 0 Å². The third kappa shape index (κ3) is 8.11. The molecule has 0 aliphatic carbocycles. The topological polar surface area (TPSA) is 60.4 Å². The lowest BCUT2D eigenvalue weighted by Gasteiger charge is -2.34. The highest BCUT2D eigenvalue weighted by molar-refractivity contribution is 14.0. The maximum Gasteiger partial charge on any atom is 0.410 e. The summed E-state index contributed by atoms with van der Waals surface area (Å²) in [7, 11) is 0. The molecule has 2 atom stereocenters. The summed E-state index contributed by atoms with van der Waals surface area (Å²) >= 11 is 0. The number of rotatable bonds is 5. The maximum atomic E-state index is 12.4. The summed E-state index contributed by atoms with van der Waals surface area (Å²) in [5, 5.41) is 3.48. The van der Waals surface area contributed by atoms with Gasteiger partial charge in [-0.1, -0.05) is 12.2 Å². The Balaban J connectivity index is 0.00000341. The molecule has 0 saturated carbocycles. The molecule has 31 heavy (non-hydrogen) atoms. The van der Waals surface area contributed by atoms with Crippen LogP contribution in [0.15, 0.2) is 17.1 Å². The van der Waals surface area contributed by atoms with Gasteiger partial charge in [-0.25, -0.2) is 4.79 Å². The summed E-state index contributed by atoms with van der Waals surface area (Å²) < 4.78 is 5.55. The second-order valence-corrected chi connectivity index (χ2v) is 9.77. The number of likely N-dealkylation sites (tertiary alicyclic amines) is 2. The van der Waals surface area contributed by atoms with E-state index in [0.717, 1.165) is 71.2 Å². The number of ether oxygens (including phenoxy) is 1. The zero-order valence-corrected chi connectivity index (χ0v) is 22.1. The van der Waals surface area contributed by atoms with Crippen LogP contribution in [0.3, 0.4) is 0 Å². The molecule has 0 aromatic carbocycles. The number of carbonyl (C=O) groups is 1. The van der Waals surface area contributed by atoms with Crippen LogP contribution < -0.4 is 5.32 Å². The monoisotopic (exact) mass is 547 g/mol. The molecule has 3 aliphatic heterocycles. The van der Waals surface area contributed by atoms with Crippen LogP contribution in [-0.4, -0.2) is 90.8 Å². The third-order valence-electron chi connectivity index (χ3n) is 6.13. The van der Waals surface area contributed by atoms with Crippen molar-refractivity contribution in [2.75, 3.05) is 52.4 Å². The Morgan fingerprint density at radius 3 is 2.55 bits per heavy atom. The quantitative estimate of drug-likeness (QED) is 0.247. The second-order valence-electron chi connectivity index (χ2n) is 9.77. The van der Waals surface area contributed by atoms with Gasteiger partial charge in [0.15, 0.2) is 5.96 Å². The molecule has 0 aromatic rings. The van der Waals surface area contributed by atoms with Gasteiger partial charge in [0.25, 0.3) is 0 Å². The highest BCUT2D eigenvalue weighted by atomic mass is 127. The van der Waals surface area contributed by atoms with Crippen LogP contribution in [0.5, 0.6) is 0 Å². The standard InChI is InChI=1S/C23H41N5O2.HI/c1-5-24-21(27-16-11-20(18-27)26-13-6-7-14-26)25-12-10-19-9-8-15-28(17-19)22(29)30-23(2,3)4;/h6-7,19-20H,5,8-18H2,1-4H3,(H,24,25);1H. The number of amides is 1. The van der Waals surface area contributed by atoms with Gasteiger partial charge in [-0.05, 0) is 59.3 Å². The van der Waals surface area contributed by atoms with Crippen LogP contribution >= 0.6 is 24.0 Å². The van der Waals surface area contributed by atoms with E-state index in [4.69, 9.17) is 9.73 Å². The van der Waals surface area contributed by atoms with E-state index in [-0.39, 0.29) is 30.1 Å². The molecule has 2 fully saturated rings. The molecule has 3 heterocycles. The molecule has 3 rings (SSSR count). The molecule has 0 aromatic heterocycles. The van der Waals surface area contributed by atoms with Crippen LogP contribution in [0.1, 0.15) is 53.4 Å². The Bertz CT molecular complexity index is 626. The zero-order chi connectivity index (χ0) is 21.6. The van der Waals surface area contributed by atoms with E-state index >= 15 is 0 Å². The van der Waals surface area contributed by atoms with Crippen molar-refractivity contribution in [3.63, 3.8) is 0 Å². The fraction of sp³-hybridized carbons (Fsp3) is 0.826. The maximum absolute atomic E-state index is 12.4. The smallest absolute Gasteiger partial charge is 0.410 e. The van der Waals surface area contributed by atoms with Gasteiger partial charge in [0.2, 0.25) is 0 Å². The Hall–Kier alpha value is -1.03. The molecule has 0 bridgehead atoms. The summed E-state index contributed by atoms with van der Waals surface area (Å²) in [5.74, 6) is 1.55. The molecule has 0 radical (unpaired) electrons. The minimum Gasteiger partial charge on any atom is -0.444 e. The Morgan fingerprint density at radius 1 is 1.13 bits per heavy atom. The first kappa shape index (κ1) is 26.2. The Kier molecular flexibility index (Phi) is 10.4. The van der Waals surface area contributed by atoms with Crippen molar-refractivity contribution < 1.29 is 9.53 Å². The SMILES string of the molecule is CCNC(=NCCC1CCCN(C(=O)OC(C)(C)C)C1)N1CCC(N2CC=CC2)C1.I. The first-order valence-electron chi connectivity index (χ1n) is 11.8. The molecule has 178 valence electrons. The molecular formula is C23H42IN5O2. The molecule has 8 heteroatoms. The molecule has 2 unspecified atom stereocenters. The van der Waals surface area contributed by atoms with E-state index < -0.39 is 5.60 Å². The normalized spacial score (nSPS) is 25.0. The highest BCUT2D eigenvalue weighted by Crippen LogP contribution is 2.22. The first-order valence-corrected chi connectivity index (χ1v) is 11.8. The van der Waals surface area contributed by atoms with Crippen molar-refractivity contribution >= 4 is 36.0 Å². The fourth-order valence-corrected chi connectivity index (χ4v) is 4.60. The number of halogens is 1. The summed E-state index contributed by atoms with van der Waals surface area (Å²) in [6, 6.07) is 0.629. The van der Waals surface area contributed by atoms with E-state index in [2.05, 4.69) is 34.2 Å². The highest BCUT2D eigenvalue weighted by Gasteiger charge is 2.30. The van der Waals surface area contributed by atoms with Crippen LogP contribution in [-0.2, 0) is 4.74 Å². The van der Waals surface area contributed by atoms with Crippen LogP contribution in [0, 0.1) is 5.92 Å². The molecule has 1 amide bonds. The van der Waals surface area contributed by atoms with Crippen molar-refractivity contribution in [1.29, 1.82) is 0 Å². The van der Waals surface area contributed by atoms with Crippen molar-refractivity contribution in [3.8, 4) is 0 Å². The average molecular weight is 548 g/mol. The first-order chi connectivity index (χ1) is 14.4. The lowest BCUT2D eigenvalue weighted by atomic mass is 9.95. The zero-order valence-electron chi connectivity index (χ0n) is 19.8. The number of guanidine groups is 1. The average Bonchev–Trinajstić information content (AvgIpc) is 3.38. The molecule has 3 aliphatic rings. The van der Waals surface area contributed by atoms with Gasteiger partial charge in [0.1, 0.15) is 5.60 Å². The third-order valence-corrected chi connectivity index (χ3v) is 6.13. The number of nitrogens with one attached hydrogen (secondary N) is 1. The number of carbonyl (C=O) groups excluding carboxylic acids is 1. The molecule has 2 saturated heterocycles. The van der Waals surface area contributed by atoms with Crippen molar-refractivity contribution in [2.45, 2.75) is 65.0 Å². The van der Waals surface area contributed by atoms with Crippen molar-refractivity contribution in [3.05, 3.63) is 12.2 Å². The number of nitrogens with zero attached hydrogens (tertiary/aromatic N) is 4. The van der Waals surface area contributed by atoms with E-state index in [9.17, 15) is 4.79 Å². The molecular weight excluding hydrogens is 505 g/mol. The van der Waals surface area contributed by atoms with Gasteiger partial charge >= 0.3 is 6.09 Å². The Morgan fingerprint density at radius 2 is 1.87 bits per heavy atom. The van der Waals surface area contributed by atoms with E-state index in [1.807, 2.05) is 25.7 Å². The number of hydrogen-bond donors (Lipinski definition) is 1. The van der Waals surface area contributed by atoms with E-state index in [1.165, 1.54) is 12.8 Å². The predicted molar refractivity (Wildman–Crippen MR) is 137 cm³/mol. The van der Waals surface area contributed by atoms with Gasteiger partial charge in [0, 0.05) is 58.4 Å². The van der Waals surface area contributed by atoms with Crippen LogP contribution in [0.2, 0.25) is 0 Å². The molecule has 1 N–H and O–H groups in total. The van der Waals surface area contributed by atoms with Crippen LogP contribution in [0.4, 0.5) is 4.79 Å². The summed E-state index contributed by atoms with van der Waals surface area (Å²) in [5.41, 5.74) is -0.437. The summed E-state index contributed by atoms with van der Waals surface area (Å²) in [6.45, 7) is 15.5. The minimum absolute atomic E-state index is 0. The van der Waals surface area contributed by atoms with E-state index in [1.54, 1.807) is 0 Å². The van der Waals surface area contributed by atoms with E-state index in [0.29, 0.717) is 12.0 Å². The number of hydrogen-bond acceptors (Lipinski definition) is 4. The summed E-state index contributed by atoms with van der Waals surface area (Å²) in [4.78, 5) is 24.2. The molecule has 0 spiro atoms. The number of aliphatic imine (C=N–C) groups is 1. The van der Waals surface area contributed by atoms with Gasteiger partial charge in [-0.2, -0.15) is 0 Å². The molecule has 7 nitrogen and oxygen atoms in total. The van der Waals surface area contributed by atoms with Crippen molar-refractivity contribution in [1.82, 2.24) is 20.0 Å². The minimum atomic E-state index is -0.437. The number of piperidine rings is 1. The predicted octanol–water partition coefficient (Wildman–Crippen LogP) is 3.55. The van der Waals surface area contributed by atoms with Gasteiger partial charge in [-0.15, -0.1) is 24.0 Å². The largest absolute Gasteiger partial charge is 0.444 e. The van der Waals surface area contributed by atoms with Gasteiger partial charge < -0.3 is 19.9 Å². The lowest BCUT2D eigenvalue weighted by molar-refractivity contribution is 0.0163. The summed E-state index contributed by atoms with van der Waals surface area (Å²) in [6.07, 6.45) is 8.80. The Labute approximate surface area is 205 Å².